The van der Waals surface area contributed by atoms with Crippen molar-refractivity contribution in [3.63, 3.8) is 0 Å². The van der Waals surface area contributed by atoms with Gasteiger partial charge in [-0.2, -0.15) is 0 Å². The maximum Gasteiger partial charge on any atom is 0.238 e. The van der Waals surface area contributed by atoms with Gasteiger partial charge in [-0.15, -0.1) is 0 Å². The maximum atomic E-state index is 12.5. The minimum atomic E-state index is -0.197. The lowest BCUT2D eigenvalue weighted by Crippen LogP contribution is -2.30. The molecule has 152 valence electrons. The Hall–Kier alpha value is -2.64. The summed E-state index contributed by atoms with van der Waals surface area (Å²) in [6.45, 7) is 0.699. The van der Waals surface area contributed by atoms with Crippen LogP contribution in [0.1, 0.15) is 5.56 Å². The van der Waals surface area contributed by atoms with Gasteiger partial charge in [0.25, 0.3) is 0 Å². The summed E-state index contributed by atoms with van der Waals surface area (Å²) in [4.78, 5) is 14.4. The van der Waals surface area contributed by atoms with E-state index >= 15 is 0 Å². The highest BCUT2D eigenvalue weighted by atomic mass is 35.5. The summed E-state index contributed by atoms with van der Waals surface area (Å²) in [6, 6.07) is 8.82. The molecule has 0 atom stereocenters. The molecular weight excluding hydrogens is 384 g/mol. The molecule has 1 amide bonds. The Morgan fingerprint density at radius 2 is 1.64 bits per heavy atom. The molecule has 2 aromatic carbocycles. The number of methoxy groups -OCH3 is 4. The van der Waals surface area contributed by atoms with Crippen LogP contribution in [0.5, 0.6) is 23.0 Å². The number of nitrogens with one attached hydrogen (secondary N) is 1. The normalized spacial score (nSPS) is 10.5. The fourth-order valence-electron chi connectivity index (χ4n) is 2.72. The van der Waals surface area contributed by atoms with Gasteiger partial charge < -0.3 is 24.3 Å². The third-order valence-electron chi connectivity index (χ3n) is 4.10. The van der Waals surface area contributed by atoms with Crippen molar-refractivity contribution in [2.45, 2.75) is 6.54 Å². The first-order valence-electron chi connectivity index (χ1n) is 8.52. The van der Waals surface area contributed by atoms with Crippen molar-refractivity contribution in [2.75, 3.05) is 47.3 Å². The highest BCUT2D eigenvalue weighted by molar-refractivity contribution is 6.32. The average molecular weight is 409 g/mol. The van der Waals surface area contributed by atoms with Gasteiger partial charge in [0.05, 0.1) is 45.7 Å². The van der Waals surface area contributed by atoms with Crippen LogP contribution in [-0.2, 0) is 11.3 Å². The second-order valence-corrected chi connectivity index (χ2v) is 6.49. The Morgan fingerprint density at radius 3 is 2.25 bits per heavy atom. The van der Waals surface area contributed by atoms with E-state index in [0.29, 0.717) is 40.3 Å². The number of hydrogen-bond donors (Lipinski definition) is 1. The Labute approximate surface area is 170 Å². The number of carbonyl (C=O) groups excluding carboxylic acids is 1. The van der Waals surface area contributed by atoms with Crippen LogP contribution in [0.4, 0.5) is 5.69 Å². The summed E-state index contributed by atoms with van der Waals surface area (Å²) in [7, 11) is 8.07. The van der Waals surface area contributed by atoms with E-state index in [1.54, 1.807) is 26.4 Å². The fraction of sp³-hybridized carbons (Fsp3) is 0.350. The van der Waals surface area contributed by atoms with Crippen LogP contribution in [0.3, 0.4) is 0 Å². The molecule has 0 unspecified atom stereocenters. The van der Waals surface area contributed by atoms with E-state index in [0.717, 1.165) is 5.56 Å². The highest BCUT2D eigenvalue weighted by Gasteiger charge is 2.15. The SMILES string of the molecule is COc1ccc(CN(C)CC(=O)Nc2cc(OC)c(Cl)cc2OC)c(OC)c1. The number of halogens is 1. The van der Waals surface area contributed by atoms with E-state index in [-0.39, 0.29) is 12.5 Å². The molecule has 0 aromatic heterocycles. The Kier molecular flexibility index (Phi) is 7.78. The molecule has 0 bridgehead atoms. The van der Waals surface area contributed by atoms with Gasteiger partial charge >= 0.3 is 0 Å². The van der Waals surface area contributed by atoms with Crippen LogP contribution in [0.25, 0.3) is 0 Å². The van der Waals surface area contributed by atoms with E-state index in [2.05, 4.69) is 5.32 Å². The van der Waals surface area contributed by atoms with E-state index in [1.165, 1.54) is 14.2 Å². The van der Waals surface area contributed by atoms with Gasteiger partial charge in [0.1, 0.15) is 23.0 Å². The van der Waals surface area contributed by atoms with Gasteiger partial charge in [-0.25, -0.2) is 0 Å². The lowest BCUT2D eigenvalue weighted by molar-refractivity contribution is -0.117. The topological polar surface area (TPSA) is 69.3 Å². The number of likely N-dealkylation sites (N-methyl/N-ethyl adjacent to an activating group) is 1. The third kappa shape index (κ3) is 5.43. The number of ether oxygens (including phenoxy) is 4. The highest BCUT2D eigenvalue weighted by Crippen LogP contribution is 2.35. The summed E-state index contributed by atoms with van der Waals surface area (Å²) in [5.41, 5.74) is 1.44. The minimum absolute atomic E-state index is 0.170. The molecule has 0 saturated carbocycles. The molecule has 0 spiro atoms. The molecule has 2 rings (SSSR count). The van der Waals surface area contributed by atoms with Crippen molar-refractivity contribution in [1.82, 2.24) is 4.90 Å². The van der Waals surface area contributed by atoms with Crippen LogP contribution < -0.4 is 24.3 Å². The van der Waals surface area contributed by atoms with Crippen LogP contribution in [0.2, 0.25) is 5.02 Å². The first-order valence-corrected chi connectivity index (χ1v) is 8.90. The van der Waals surface area contributed by atoms with Gasteiger partial charge in [0, 0.05) is 30.3 Å². The summed E-state index contributed by atoms with van der Waals surface area (Å²) in [6.07, 6.45) is 0. The summed E-state index contributed by atoms with van der Waals surface area (Å²) in [5, 5.41) is 3.24. The first kappa shape index (κ1) is 21.7. The molecule has 1 N–H and O–H groups in total. The van der Waals surface area contributed by atoms with Crippen LogP contribution in [0.15, 0.2) is 30.3 Å². The van der Waals surface area contributed by atoms with E-state index in [9.17, 15) is 4.79 Å². The second kappa shape index (κ2) is 10.1. The van der Waals surface area contributed by atoms with Crippen LogP contribution in [-0.4, -0.2) is 52.8 Å². The van der Waals surface area contributed by atoms with E-state index in [4.69, 9.17) is 30.5 Å². The largest absolute Gasteiger partial charge is 0.497 e. The molecule has 7 nitrogen and oxygen atoms in total. The molecule has 0 heterocycles. The van der Waals surface area contributed by atoms with Crippen molar-refractivity contribution >= 4 is 23.2 Å². The lowest BCUT2D eigenvalue weighted by Gasteiger charge is -2.19. The lowest BCUT2D eigenvalue weighted by atomic mass is 10.1. The van der Waals surface area contributed by atoms with E-state index < -0.39 is 0 Å². The Balaban J connectivity index is 2.05. The number of rotatable bonds is 9. The van der Waals surface area contributed by atoms with Gasteiger partial charge in [0.2, 0.25) is 5.91 Å². The molecule has 0 aliphatic carbocycles. The predicted octanol–water partition coefficient (Wildman–Crippen LogP) is 3.44. The van der Waals surface area contributed by atoms with Gasteiger partial charge in [-0.1, -0.05) is 17.7 Å². The maximum absolute atomic E-state index is 12.5. The molecule has 0 aliphatic rings. The first-order chi connectivity index (χ1) is 13.4. The second-order valence-electron chi connectivity index (χ2n) is 6.09. The quantitative estimate of drug-likeness (QED) is 0.685. The van der Waals surface area contributed by atoms with Gasteiger partial charge in [0.15, 0.2) is 0 Å². The smallest absolute Gasteiger partial charge is 0.238 e. The number of amides is 1. The van der Waals surface area contributed by atoms with Crippen molar-refractivity contribution in [3.8, 4) is 23.0 Å². The molecular formula is C20H25ClN2O5. The van der Waals surface area contributed by atoms with Gasteiger partial charge in [-0.3, -0.25) is 9.69 Å². The number of hydrogen-bond acceptors (Lipinski definition) is 6. The monoisotopic (exact) mass is 408 g/mol. The number of nitrogens with zero attached hydrogens (tertiary/aromatic N) is 1. The number of benzene rings is 2. The van der Waals surface area contributed by atoms with Crippen LogP contribution >= 0.6 is 11.6 Å². The Bertz CT molecular complexity index is 828. The molecule has 0 radical (unpaired) electrons. The number of anilines is 1. The predicted molar refractivity (Wildman–Crippen MR) is 109 cm³/mol. The zero-order valence-electron chi connectivity index (χ0n) is 16.7. The van der Waals surface area contributed by atoms with E-state index in [1.807, 2.05) is 30.1 Å². The average Bonchev–Trinajstić information content (AvgIpc) is 2.68. The van der Waals surface area contributed by atoms with Crippen LogP contribution in [0, 0.1) is 0 Å². The zero-order valence-corrected chi connectivity index (χ0v) is 17.4. The summed E-state index contributed by atoms with van der Waals surface area (Å²) < 4.78 is 21.1. The molecule has 2 aromatic rings. The third-order valence-corrected chi connectivity index (χ3v) is 4.39. The summed E-state index contributed by atoms with van der Waals surface area (Å²) in [5.74, 6) is 2.13. The van der Waals surface area contributed by atoms with Crippen molar-refractivity contribution in [3.05, 3.63) is 40.9 Å². The minimum Gasteiger partial charge on any atom is -0.497 e. The van der Waals surface area contributed by atoms with Crippen molar-refractivity contribution in [1.29, 1.82) is 0 Å². The Morgan fingerprint density at radius 1 is 0.964 bits per heavy atom. The molecule has 0 saturated heterocycles. The fourth-order valence-corrected chi connectivity index (χ4v) is 2.95. The molecule has 8 heteroatoms. The van der Waals surface area contributed by atoms with Crippen molar-refractivity contribution < 1.29 is 23.7 Å². The number of carbonyl (C=O) groups is 1. The van der Waals surface area contributed by atoms with Gasteiger partial charge in [-0.05, 0) is 13.1 Å². The zero-order chi connectivity index (χ0) is 20.7. The molecule has 0 fully saturated rings. The van der Waals surface area contributed by atoms with Crippen molar-refractivity contribution in [2.24, 2.45) is 0 Å². The standard InChI is InChI=1S/C20H25ClN2O5/c1-23(11-13-6-7-14(25-2)8-17(13)26-3)12-20(24)22-16-10-18(27-4)15(21)9-19(16)28-5/h6-10H,11-12H2,1-5H3,(H,22,24). The summed E-state index contributed by atoms with van der Waals surface area (Å²) >= 11 is 6.09. The molecule has 28 heavy (non-hydrogen) atoms. The molecule has 0 aliphatic heterocycles.